The molecule has 0 bridgehead atoms. The molecule has 2 heterocycles. The molecule has 1 aromatic heterocycles. The Hall–Kier alpha value is -1.90. The van der Waals surface area contributed by atoms with Crippen molar-refractivity contribution in [2.45, 2.75) is 37.1 Å². The molecule has 27 heavy (non-hydrogen) atoms. The summed E-state index contributed by atoms with van der Waals surface area (Å²) in [7, 11) is -3.42. The third-order valence-electron chi connectivity index (χ3n) is 4.54. The van der Waals surface area contributed by atoms with Gasteiger partial charge < -0.3 is 11.1 Å². The van der Waals surface area contributed by atoms with Crippen LogP contribution in [0.5, 0.6) is 0 Å². The quantitative estimate of drug-likeness (QED) is 0.546. The van der Waals surface area contributed by atoms with Gasteiger partial charge in [-0.3, -0.25) is 0 Å². The molecule has 6 nitrogen and oxygen atoms in total. The Morgan fingerprint density at radius 2 is 2.00 bits per heavy atom. The van der Waals surface area contributed by atoms with Crippen LogP contribution in [0.1, 0.15) is 29.7 Å². The van der Waals surface area contributed by atoms with Gasteiger partial charge in [-0.25, -0.2) is 13.4 Å². The van der Waals surface area contributed by atoms with E-state index in [1.807, 2.05) is 12.1 Å². The van der Waals surface area contributed by atoms with Gasteiger partial charge in [0.05, 0.1) is 11.4 Å². The summed E-state index contributed by atoms with van der Waals surface area (Å²) in [5.41, 5.74) is 6.75. The minimum Gasteiger partial charge on any atom is -0.370 e. The molecule has 0 unspecified atom stereocenters. The number of hydrogen-bond donors (Lipinski definition) is 2. The lowest BCUT2D eigenvalue weighted by Crippen LogP contribution is -2.35. The van der Waals surface area contributed by atoms with Gasteiger partial charge >= 0.3 is 0 Å². The number of guanidine groups is 1. The molecule has 0 aliphatic carbocycles. The molecule has 0 spiro atoms. The lowest BCUT2D eigenvalue weighted by Gasteiger charge is -2.26. The summed E-state index contributed by atoms with van der Waals surface area (Å²) in [6.07, 6.45) is 3.85. The largest absolute Gasteiger partial charge is 0.370 e. The fourth-order valence-corrected chi connectivity index (χ4v) is 5.36. The van der Waals surface area contributed by atoms with Crippen LogP contribution in [0, 0.1) is 0 Å². The number of nitrogens with one attached hydrogen (secondary N) is 1. The second kappa shape index (κ2) is 9.34. The highest BCUT2D eigenvalue weighted by molar-refractivity contribution is 7.89. The first-order chi connectivity index (χ1) is 13.1. The van der Waals surface area contributed by atoms with Crippen molar-refractivity contribution in [2.75, 3.05) is 19.6 Å². The van der Waals surface area contributed by atoms with Crippen LogP contribution in [0.4, 0.5) is 0 Å². The van der Waals surface area contributed by atoms with Gasteiger partial charge in [0.25, 0.3) is 0 Å². The third kappa shape index (κ3) is 5.54. The standard InChI is InChI=1S/C19H26N4O2S2/c20-19(21-10-9-17-7-5-13-26-17)22-15-16-6-4-8-18(14-16)27(24,25)23-11-2-1-3-12-23/h4-8,13-14H,1-3,9-12,15H2,(H3,20,21,22). The molecule has 2 aromatic rings. The SMILES string of the molecule is NC(=NCc1cccc(S(=O)(=O)N2CCCCC2)c1)NCCc1cccs1. The van der Waals surface area contributed by atoms with Gasteiger partial charge in [-0.15, -0.1) is 11.3 Å². The Kier molecular flexibility index (Phi) is 6.87. The Labute approximate surface area is 165 Å². The van der Waals surface area contributed by atoms with Gasteiger partial charge in [0.15, 0.2) is 5.96 Å². The maximum Gasteiger partial charge on any atom is 0.243 e. The number of aliphatic imine (C=N–C) groups is 1. The lowest BCUT2D eigenvalue weighted by atomic mass is 10.2. The van der Waals surface area contributed by atoms with Crippen molar-refractivity contribution < 1.29 is 8.42 Å². The average molecular weight is 407 g/mol. The zero-order valence-corrected chi connectivity index (χ0v) is 16.9. The van der Waals surface area contributed by atoms with E-state index in [1.165, 1.54) is 4.88 Å². The van der Waals surface area contributed by atoms with Crippen LogP contribution in [0.15, 0.2) is 51.7 Å². The number of benzene rings is 1. The van der Waals surface area contributed by atoms with Crippen LogP contribution >= 0.6 is 11.3 Å². The van der Waals surface area contributed by atoms with Crippen molar-refractivity contribution in [1.82, 2.24) is 9.62 Å². The van der Waals surface area contributed by atoms with E-state index in [0.717, 1.165) is 37.8 Å². The van der Waals surface area contributed by atoms with E-state index < -0.39 is 10.0 Å². The number of hydrogen-bond acceptors (Lipinski definition) is 4. The van der Waals surface area contributed by atoms with Crippen LogP contribution in [-0.4, -0.2) is 38.3 Å². The fourth-order valence-electron chi connectivity index (χ4n) is 3.06. The smallest absolute Gasteiger partial charge is 0.243 e. The number of thiophene rings is 1. The molecule has 3 N–H and O–H groups in total. The highest BCUT2D eigenvalue weighted by atomic mass is 32.2. The van der Waals surface area contributed by atoms with E-state index >= 15 is 0 Å². The molecule has 146 valence electrons. The molecule has 3 rings (SSSR count). The van der Waals surface area contributed by atoms with Gasteiger partial charge in [0, 0.05) is 24.5 Å². The molecule has 0 saturated carbocycles. The maximum atomic E-state index is 12.8. The van der Waals surface area contributed by atoms with Crippen molar-refractivity contribution in [3.8, 4) is 0 Å². The number of piperidine rings is 1. The monoisotopic (exact) mass is 406 g/mol. The molecule has 1 aliphatic rings. The van der Waals surface area contributed by atoms with Crippen LogP contribution in [0.25, 0.3) is 0 Å². The molecule has 0 amide bonds. The summed E-state index contributed by atoms with van der Waals surface area (Å²) < 4.78 is 27.2. The van der Waals surface area contributed by atoms with E-state index in [2.05, 4.69) is 21.8 Å². The second-order valence-corrected chi connectivity index (χ2v) is 9.54. The van der Waals surface area contributed by atoms with Gasteiger partial charge in [-0.2, -0.15) is 4.31 Å². The van der Waals surface area contributed by atoms with Crippen molar-refractivity contribution in [3.05, 3.63) is 52.2 Å². The van der Waals surface area contributed by atoms with E-state index in [9.17, 15) is 8.42 Å². The number of nitrogens with zero attached hydrogens (tertiary/aromatic N) is 2. The minimum absolute atomic E-state index is 0.335. The summed E-state index contributed by atoms with van der Waals surface area (Å²) in [6, 6.07) is 11.1. The van der Waals surface area contributed by atoms with Gasteiger partial charge in [0.1, 0.15) is 0 Å². The third-order valence-corrected chi connectivity index (χ3v) is 7.37. The second-order valence-electron chi connectivity index (χ2n) is 6.57. The first kappa shape index (κ1) is 19.9. The summed E-state index contributed by atoms with van der Waals surface area (Å²) in [5.74, 6) is 0.371. The molecule has 8 heteroatoms. The normalized spacial score (nSPS) is 16.4. The van der Waals surface area contributed by atoms with Gasteiger partial charge in [0.2, 0.25) is 10.0 Å². The average Bonchev–Trinajstić information content (AvgIpc) is 3.21. The van der Waals surface area contributed by atoms with Crippen molar-refractivity contribution in [3.63, 3.8) is 0 Å². The Morgan fingerprint density at radius 3 is 2.74 bits per heavy atom. The van der Waals surface area contributed by atoms with E-state index in [0.29, 0.717) is 30.5 Å². The summed E-state index contributed by atoms with van der Waals surface area (Å²) in [4.78, 5) is 5.96. The molecule has 1 saturated heterocycles. The molecular weight excluding hydrogens is 380 g/mol. The Morgan fingerprint density at radius 1 is 1.19 bits per heavy atom. The van der Waals surface area contributed by atoms with Crippen molar-refractivity contribution in [2.24, 2.45) is 10.7 Å². The molecular formula is C19H26N4O2S2. The topological polar surface area (TPSA) is 87.8 Å². The number of sulfonamides is 1. The van der Waals surface area contributed by atoms with Crippen LogP contribution in [0.2, 0.25) is 0 Å². The van der Waals surface area contributed by atoms with Crippen molar-refractivity contribution in [1.29, 1.82) is 0 Å². The molecule has 0 radical (unpaired) electrons. The van der Waals surface area contributed by atoms with Gasteiger partial charge in [-0.1, -0.05) is 24.6 Å². The Balaban J connectivity index is 1.58. The van der Waals surface area contributed by atoms with Crippen molar-refractivity contribution >= 4 is 27.3 Å². The maximum absolute atomic E-state index is 12.8. The molecule has 1 aliphatic heterocycles. The zero-order chi connectivity index (χ0) is 19.1. The van der Waals surface area contributed by atoms with Crippen LogP contribution in [-0.2, 0) is 23.0 Å². The van der Waals surface area contributed by atoms with Crippen LogP contribution in [0.3, 0.4) is 0 Å². The number of nitrogens with two attached hydrogens (primary N) is 1. The van der Waals surface area contributed by atoms with E-state index in [4.69, 9.17) is 5.73 Å². The summed E-state index contributed by atoms with van der Waals surface area (Å²) >= 11 is 1.72. The molecule has 1 aromatic carbocycles. The van der Waals surface area contributed by atoms with E-state index in [-0.39, 0.29) is 0 Å². The predicted molar refractivity (Wildman–Crippen MR) is 110 cm³/mol. The minimum atomic E-state index is -3.42. The molecule has 1 fully saturated rings. The Bertz CT molecular complexity index is 858. The predicted octanol–water partition coefficient (Wildman–Crippen LogP) is 2.57. The first-order valence-corrected chi connectivity index (χ1v) is 11.5. The summed E-state index contributed by atoms with van der Waals surface area (Å²) in [6.45, 7) is 2.28. The van der Waals surface area contributed by atoms with Crippen LogP contribution < -0.4 is 11.1 Å². The first-order valence-electron chi connectivity index (χ1n) is 9.21. The van der Waals surface area contributed by atoms with E-state index in [1.54, 1.807) is 33.8 Å². The highest BCUT2D eigenvalue weighted by Gasteiger charge is 2.25. The lowest BCUT2D eigenvalue weighted by molar-refractivity contribution is 0.346. The molecule has 0 atom stereocenters. The van der Waals surface area contributed by atoms with Gasteiger partial charge in [-0.05, 0) is 48.4 Å². The highest BCUT2D eigenvalue weighted by Crippen LogP contribution is 2.21. The fraction of sp³-hybridized carbons (Fsp3) is 0.421. The summed E-state index contributed by atoms with van der Waals surface area (Å²) in [5, 5.41) is 5.15. The zero-order valence-electron chi connectivity index (χ0n) is 15.3. The number of rotatable bonds is 7.